The van der Waals surface area contributed by atoms with Gasteiger partial charge in [-0.25, -0.2) is 0 Å². The van der Waals surface area contributed by atoms with Crippen molar-refractivity contribution in [3.05, 3.63) is 123 Å². The van der Waals surface area contributed by atoms with Crippen molar-refractivity contribution in [1.29, 1.82) is 0 Å². The second-order valence-electron chi connectivity index (χ2n) is 15.7. The monoisotopic (exact) mass is 866 g/mol. The molecule has 63 heavy (non-hydrogen) atoms. The first-order chi connectivity index (χ1) is 29.9. The molecule has 0 saturated heterocycles. The van der Waals surface area contributed by atoms with E-state index < -0.39 is 123 Å². The maximum absolute atomic E-state index is 12.6. The summed E-state index contributed by atoms with van der Waals surface area (Å²) in [6, 6.07) is 14.8. The highest BCUT2D eigenvalue weighted by molar-refractivity contribution is 5.70. The van der Waals surface area contributed by atoms with Crippen LogP contribution in [0.4, 0.5) is 0 Å². The summed E-state index contributed by atoms with van der Waals surface area (Å²) in [5, 5.41) is 166. The zero-order valence-corrected chi connectivity index (χ0v) is 32.3. The number of aromatic hydroxyl groups is 12. The van der Waals surface area contributed by atoms with Crippen LogP contribution in [0.25, 0.3) is 0 Å². The van der Waals surface area contributed by atoms with Crippen molar-refractivity contribution >= 4 is 0 Å². The topological polar surface area (TPSA) is 331 Å². The number of phenolic OH excluding ortho intramolecular Hbond substituents is 12. The first-order valence-corrected chi connectivity index (χ1v) is 19.3. The molecule has 0 aromatic heterocycles. The summed E-state index contributed by atoms with van der Waals surface area (Å²) in [5.74, 6) is -11.4. The average molecular weight is 867 g/mol. The fourth-order valence-corrected chi connectivity index (χ4v) is 8.91. The number of fused-ring (bicyclic) bond motifs is 3. The number of aliphatic hydroxyl groups is 3. The lowest BCUT2D eigenvalue weighted by molar-refractivity contribution is 0.000237. The first-order valence-electron chi connectivity index (χ1n) is 19.3. The number of phenols is 12. The van der Waals surface area contributed by atoms with Crippen LogP contribution in [0.1, 0.15) is 74.7 Å². The number of hydrogen-bond donors (Lipinski definition) is 15. The van der Waals surface area contributed by atoms with Crippen molar-refractivity contribution in [1.82, 2.24) is 0 Å². The standard InChI is InChI=1S/C45H38O18/c46-18-10-27(53)34-31(11-18)61-44(17-3-6-23(49)26(52)9-17)41(60)37(34)35-28(54)14-32-36(39(35)58)33(40(59)43(62-32)16-2-5-22(48)25(51)8-16)19-12-29(55)38(57)20-13-30(56)42(63-45(19)20)15-1-4-21(47)24(50)7-15/h1-12,14,30,33,37,40-44,46-60H,13H2/t30-,33+,37-,40-,41-,42-,43-,44-/m1/s1. The number of hydrogen-bond acceptors (Lipinski definition) is 18. The molecule has 9 rings (SSSR count). The summed E-state index contributed by atoms with van der Waals surface area (Å²) in [6.45, 7) is 0. The van der Waals surface area contributed by atoms with E-state index in [9.17, 15) is 76.6 Å². The van der Waals surface area contributed by atoms with E-state index in [4.69, 9.17) is 14.2 Å². The SMILES string of the molecule is Oc1cc(O)c2c(c1)O[C@H](c1ccc(O)c(O)c1)[C@H](O)[C@H]2c1c(O)cc2c(c1O)[C@H](c1cc(O)c(O)c3c1O[C@H](c1ccc(O)c(O)c1)[C@H](O)C3)[C@@H](O)[C@@H](c1ccc(O)c(O)c1)O2. The van der Waals surface area contributed by atoms with Crippen LogP contribution in [0.3, 0.4) is 0 Å². The molecule has 0 unspecified atom stereocenters. The van der Waals surface area contributed by atoms with Gasteiger partial charge in [-0.15, -0.1) is 0 Å². The Morgan fingerprint density at radius 3 is 1.43 bits per heavy atom. The Labute approximate surface area is 354 Å². The van der Waals surface area contributed by atoms with Crippen molar-refractivity contribution in [3.8, 4) is 86.2 Å². The van der Waals surface area contributed by atoms with Gasteiger partial charge in [0.2, 0.25) is 0 Å². The molecule has 0 fully saturated rings. The highest BCUT2D eigenvalue weighted by atomic mass is 16.5. The number of ether oxygens (including phenoxy) is 3. The molecule has 0 bridgehead atoms. The molecular formula is C45H38O18. The number of benzene rings is 6. The van der Waals surface area contributed by atoms with Gasteiger partial charge in [-0.1, -0.05) is 18.2 Å². The average Bonchev–Trinajstić information content (AvgIpc) is 3.23. The molecule has 0 amide bonds. The van der Waals surface area contributed by atoms with Crippen LogP contribution in [0.2, 0.25) is 0 Å². The van der Waals surface area contributed by atoms with Crippen molar-refractivity contribution in [3.63, 3.8) is 0 Å². The maximum atomic E-state index is 12.6. The second-order valence-corrected chi connectivity index (χ2v) is 15.7. The third kappa shape index (κ3) is 6.46. The van der Waals surface area contributed by atoms with Gasteiger partial charge in [0.05, 0.1) is 17.9 Å². The molecule has 18 nitrogen and oxygen atoms in total. The lowest BCUT2D eigenvalue weighted by Crippen LogP contribution is -2.37. The van der Waals surface area contributed by atoms with E-state index in [1.54, 1.807) is 0 Å². The van der Waals surface area contributed by atoms with Gasteiger partial charge in [0.15, 0.2) is 58.2 Å². The van der Waals surface area contributed by atoms with Crippen LogP contribution in [-0.4, -0.2) is 94.9 Å². The van der Waals surface area contributed by atoms with Crippen LogP contribution in [-0.2, 0) is 6.42 Å². The summed E-state index contributed by atoms with van der Waals surface area (Å²) in [4.78, 5) is 0. The van der Waals surface area contributed by atoms with Crippen molar-refractivity contribution in [2.24, 2.45) is 0 Å². The number of rotatable bonds is 5. The lowest BCUT2D eigenvalue weighted by Gasteiger charge is -2.42. The van der Waals surface area contributed by atoms with Gasteiger partial charge in [-0.2, -0.15) is 0 Å². The van der Waals surface area contributed by atoms with Gasteiger partial charge >= 0.3 is 0 Å². The Hall–Kier alpha value is -7.80. The zero-order chi connectivity index (χ0) is 44.9. The fourth-order valence-electron chi connectivity index (χ4n) is 8.91. The summed E-state index contributed by atoms with van der Waals surface area (Å²) < 4.78 is 18.6. The van der Waals surface area contributed by atoms with Crippen LogP contribution in [0.15, 0.2) is 78.9 Å². The minimum atomic E-state index is -1.85. The Bertz CT molecular complexity index is 2840. The summed E-state index contributed by atoms with van der Waals surface area (Å²) in [5.41, 5.74) is -0.999. The summed E-state index contributed by atoms with van der Waals surface area (Å²) >= 11 is 0. The largest absolute Gasteiger partial charge is 0.508 e. The van der Waals surface area contributed by atoms with E-state index in [1.807, 2.05) is 0 Å². The summed E-state index contributed by atoms with van der Waals surface area (Å²) in [7, 11) is 0. The van der Waals surface area contributed by atoms with Crippen LogP contribution in [0, 0.1) is 0 Å². The van der Waals surface area contributed by atoms with Gasteiger partial charge in [-0.05, 0) is 59.2 Å². The molecule has 8 atom stereocenters. The quantitative estimate of drug-likeness (QED) is 0.106. The van der Waals surface area contributed by atoms with Gasteiger partial charge in [0, 0.05) is 52.4 Å². The van der Waals surface area contributed by atoms with Crippen molar-refractivity contribution in [2.75, 3.05) is 0 Å². The lowest BCUT2D eigenvalue weighted by atomic mass is 9.74. The minimum Gasteiger partial charge on any atom is -0.508 e. The molecule has 15 N–H and O–H groups in total. The molecule has 6 aromatic carbocycles. The second kappa shape index (κ2) is 14.7. The predicted octanol–water partition coefficient (Wildman–Crippen LogP) is 4.44. The molecule has 3 heterocycles. The molecule has 0 radical (unpaired) electrons. The Balaban J connectivity index is 1.28. The Kier molecular flexibility index (Phi) is 9.46. The number of aliphatic hydroxyl groups excluding tert-OH is 3. The third-order valence-electron chi connectivity index (χ3n) is 11.9. The highest BCUT2D eigenvalue weighted by Crippen LogP contribution is 2.61. The van der Waals surface area contributed by atoms with E-state index in [2.05, 4.69) is 0 Å². The molecule has 6 aromatic rings. The molecule has 326 valence electrons. The van der Waals surface area contributed by atoms with Crippen LogP contribution >= 0.6 is 0 Å². The third-order valence-corrected chi connectivity index (χ3v) is 11.9. The zero-order valence-electron chi connectivity index (χ0n) is 32.3. The normalized spacial score (nSPS) is 23.6. The minimum absolute atomic E-state index is 0.0701. The smallest absolute Gasteiger partial charge is 0.164 e. The van der Waals surface area contributed by atoms with Gasteiger partial charge in [0.25, 0.3) is 0 Å². The fraction of sp³-hybridized carbons (Fsp3) is 0.200. The van der Waals surface area contributed by atoms with Gasteiger partial charge in [0.1, 0.15) is 58.6 Å². The summed E-state index contributed by atoms with van der Waals surface area (Å²) in [6.07, 6.45) is -9.76. The van der Waals surface area contributed by atoms with Crippen molar-refractivity contribution < 1.29 is 90.8 Å². The molecule has 3 aliphatic heterocycles. The van der Waals surface area contributed by atoms with E-state index >= 15 is 0 Å². The van der Waals surface area contributed by atoms with E-state index in [0.717, 1.165) is 60.7 Å². The molecule has 0 spiro atoms. The molecule has 0 aliphatic carbocycles. The van der Waals surface area contributed by atoms with Crippen LogP contribution < -0.4 is 14.2 Å². The molecule has 0 saturated carbocycles. The van der Waals surface area contributed by atoms with E-state index in [0.29, 0.717) is 0 Å². The van der Waals surface area contributed by atoms with Gasteiger partial charge in [-0.3, -0.25) is 0 Å². The first kappa shape index (κ1) is 40.6. The Morgan fingerprint density at radius 1 is 0.397 bits per heavy atom. The molecule has 18 heteroatoms. The Morgan fingerprint density at radius 2 is 0.889 bits per heavy atom. The van der Waals surface area contributed by atoms with E-state index in [-0.39, 0.29) is 62.6 Å². The maximum Gasteiger partial charge on any atom is 0.164 e. The molecule has 3 aliphatic rings. The molecular weight excluding hydrogens is 828 g/mol. The predicted molar refractivity (Wildman–Crippen MR) is 214 cm³/mol. The highest BCUT2D eigenvalue weighted by Gasteiger charge is 2.49. The van der Waals surface area contributed by atoms with Crippen molar-refractivity contribution in [2.45, 2.75) is 54.9 Å². The van der Waals surface area contributed by atoms with Crippen LogP contribution in [0.5, 0.6) is 86.2 Å². The van der Waals surface area contributed by atoms with E-state index in [1.165, 1.54) is 18.2 Å². The van der Waals surface area contributed by atoms with Gasteiger partial charge < -0.3 is 90.8 Å².